The zero-order valence-electron chi connectivity index (χ0n) is 13.3. The Labute approximate surface area is 130 Å². The third-order valence-corrected chi connectivity index (χ3v) is 4.31. The van der Waals surface area contributed by atoms with Gasteiger partial charge in [0.25, 0.3) is 0 Å². The normalized spacial score (nSPS) is 25.1. The number of aromatic nitrogens is 3. The van der Waals surface area contributed by atoms with Gasteiger partial charge < -0.3 is 9.64 Å². The summed E-state index contributed by atoms with van der Waals surface area (Å²) in [4.78, 5) is 18.8. The quantitative estimate of drug-likeness (QED) is 0.866. The Hall–Kier alpha value is -1.69. The van der Waals surface area contributed by atoms with Crippen LogP contribution < -0.4 is 0 Å². The Balaban J connectivity index is 1.60. The predicted molar refractivity (Wildman–Crippen MR) is 82.2 cm³/mol. The average Bonchev–Trinajstić information content (AvgIpc) is 3.18. The summed E-state index contributed by atoms with van der Waals surface area (Å²) < 4.78 is 5.77. The van der Waals surface area contributed by atoms with Crippen molar-refractivity contribution in [3.05, 3.63) is 23.8 Å². The van der Waals surface area contributed by atoms with Crippen LogP contribution in [-0.4, -0.2) is 45.7 Å². The van der Waals surface area contributed by atoms with E-state index in [4.69, 9.17) is 4.74 Å². The summed E-state index contributed by atoms with van der Waals surface area (Å²) in [5.74, 6) is 2.42. The van der Waals surface area contributed by atoms with Crippen LogP contribution in [0.25, 0.3) is 0 Å². The maximum atomic E-state index is 12.4. The summed E-state index contributed by atoms with van der Waals surface area (Å²) in [6, 6.07) is 0. The van der Waals surface area contributed by atoms with Gasteiger partial charge in [-0.3, -0.25) is 9.89 Å². The van der Waals surface area contributed by atoms with Crippen LogP contribution >= 0.6 is 0 Å². The number of carbonyl (C=O) groups is 1. The van der Waals surface area contributed by atoms with E-state index in [0.717, 1.165) is 24.5 Å². The molecule has 6 nitrogen and oxygen atoms in total. The molecule has 0 saturated carbocycles. The van der Waals surface area contributed by atoms with E-state index in [-0.39, 0.29) is 17.9 Å². The maximum Gasteiger partial charge on any atom is 0.223 e. The molecule has 0 unspecified atom stereocenters. The average molecular weight is 304 g/mol. The lowest BCUT2D eigenvalue weighted by molar-refractivity contribution is -0.140. The van der Waals surface area contributed by atoms with Crippen molar-refractivity contribution in [1.82, 2.24) is 20.1 Å². The Kier molecular flexibility index (Phi) is 4.57. The topological polar surface area (TPSA) is 71.1 Å². The standard InChI is InChI=1S/C16H24N4O2/c1-11(2)15-17-16(19-18-15)13-10-20(7-8-22-13)14(21)9-12-5-3-4-6-12/h3,5,11-13H,4,6-10H2,1-2H3,(H,17,18,19)/t12-,13+/m1/s1. The predicted octanol–water partition coefficient (Wildman–Crippen LogP) is 2.18. The Morgan fingerprint density at radius 3 is 3.09 bits per heavy atom. The van der Waals surface area contributed by atoms with Gasteiger partial charge in [0.15, 0.2) is 11.6 Å². The van der Waals surface area contributed by atoms with Crippen LogP contribution in [0.5, 0.6) is 0 Å². The van der Waals surface area contributed by atoms with Crippen molar-refractivity contribution in [3.8, 4) is 0 Å². The van der Waals surface area contributed by atoms with Gasteiger partial charge in [-0.05, 0) is 18.8 Å². The molecule has 1 aromatic rings. The van der Waals surface area contributed by atoms with Crippen LogP contribution in [0.1, 0.15) is 56.8 Å². The summed E-state index contributed by atoms with van der Waals surface area (Å²) in [6.45, 7) is 5.88. The number of hydrogen-bond acceptors (Lipinski definition) is 4. The summed E-state index contributed by atoms with van der Waals surface area (Å²) in [6.07, 6.45) is 6.94. The van der Waals surface area contributed by atoms with Crippen LogP contribution in [0, 0.1) is 5.92 Å². The van der Waals surface area contributed by atoms with Crippen LogP contribution in [0.3, 0.4) is 0 Å². The van der Waals surface area contributed by atoms with Gasteiger partial charge in [0.05, 0.1) is 13.2 Å². The van der Waals surface area contributed by atoms with Gasteiger partial charge in [-0.25, -0.2) is 4.98 Å². The number of nitrogens with zero attached hydrogens (tertiary/aromatic N) is 3. The zero-order chi connectivity index (χ0) is 15.5. The first-order valence-corrected chi connectivity index (χ1v) is 8.11. The van der Waals surface area contributed by atoms with Gasteiger partial charge in [-0.15, -0.1) is 0 Å². The van der Waals surface area contributed by atoms with Gasteiger partial charge in [0, 0.05) is 18.9 Å². The number of morpholine rings is 1. The van der Waals surface area contributed by atoms with E-state index in [0.29, 0.717) is 32.0 Å². The van der Waals surface area contributed by atoms with Crippen molar-refractivity contribution < 1.29 is 9.53 Å². The van der Waals surface area contributed by atoms with Gasteiger partial charge >= 0.3 is 0 Å². The Bertz CT molecular complexity index is 552. The number of H-pyrrole nitrogens is 1. The molecule has 0 spiro atoms. The fourth-order valence-corrected chi connectivity index (χ4v) is 2.95. The number of hydrogen-bond donors (Lipinski definition) is 1. The van der Waals surface area contributed by atoms with Crippen LogP contribution in [-0.2, 0) is 9.53 Å². The molecule has 2 heterocycles. The molecule has 1 aromatic heterocycles. The van der Waals surface area contributed by atoms with E-state index >= 15 is 0 Å². The summed E-state index contributed by atoms with van der Waals surface area (Å²) in [7, 11) is 0. The number of rotatable bonds is 4. The lowest BCUT2D eigenvalue weighted by Gasteiger charge is -2.32. The molecule has 0 aromatic carbocycles. The van der Waals surface area contributed by atoms with Crippen molar-refractivity contribution in [2.45, 2.75) is 45.1 Å². The third kappa shape index (κ3) is 3.38. The highest BCUT2D eigenvalue weighted by Crippen LogP contribution is 2.24. The molecule has 2 aliphatic rings. The number of nitrogens with one attached hydrogen (secondary N) is 1. The van der Waals surface area contributed by atoms with Crippen LogP contribution in [0.15, 0.2) is 12.2 Å². The molecule has 120 valence electrons. The second-order valence-corrected chi connectivity index (χ2v) is 6.40. The van der Waals surface area contributed by atoms with Crippen molar-refractivity contribution in [1.29, 1.82) is 0 Å². The molecule has 1 aliphatic carbocycles. The number of amides is 1. The third-order valence-electron chi connectivity index (χ3n) is 4.31. The summed E-state index contributed by atoms with van der Waals surface area (Å²) >= 11 is 0. The molecule has 3 rings (SSSR count). The fraction of sp³-hybridized carbons (Fsp3) is 0.688. The van der Waals surface area contributed by atoms with Gasteiger partial charge in [0.2, 0.25) is 5.91 Å². The fourth-order valence-electron chi connectivity index (χ4n) is 2.95. The molecule has 1 amide bonds. The lowest BCUT2D eigenvalue weighted by Crippen LogP contribution is -2.43. The highest BCUT2D eigenvalue weighted by molar-refractivity contribution is 5.76. The first-order valence-electron chi connectivity index (χ1n) is 8.11. The molecule has 0 radical (unpaired) electrons. The first-order chi connectivity index (χ1) is 10.6. The maximum absolute atomic E-state index is 12.4. The second-order valence-electron chi connectivity index (χ2n) is 6.40. The van der Waals surface area contributed by atoms with E-state index in [1.165, 1.54) is 0 Å². The Morgan fingerprint density at radius 1 is 1.55 bits per heavy atom. The van der Waals surface area contributed by atoms with Gasteiger partial charge in [-0.2, -0.15) is 5.10 Å². The Morgan fingerprint density at radius 2 is 2.41 bits per heavy atom. The van der Waals surface area contributed by atoms with E-state index < -0.39 is 0 Å². The minimum absolute atomic E-state index is 0.197. The van der Waals surface area contributed by atoms with Crippen LogP contribution in [0.4, 0.5) is 0 Å². The second kappa shape index (κ2) is 6.60. The molecule has 6 heteroatoms. The summed E-state index contributed by atoms with van der Waals surface area (Å²) in [5.41, 5.74) is 0. The van der Waals surface area contributed by atoms with E-state index in [2.05, 4.69) is 41.2 Å². The van der Waals surface area contributed by atoms with Gasteiger partial charge in [0.1, 0.15) is 6.10 Å². The molecule has 0 bridgehead atoms. The largest absolute Gasteiger partial charge is 0.367 e. The number of ether oxygens (including phenoxy) is 1. The first kappa shape index (κ1) is 15.2. The SMILES string of the molecule is CC(C)c1n[nH]c([C@@H]2CN(C(=O)C[C@@H]3C=CCC3)CCO2)n1. The van der Waals surface area contributed by atoms with Crippen molar-refractivity contribution >= 4 is 5.91 Å². The molecule has 1 N–H and O–H groups in total. The van der Waals surface area contributed by atoms with Crippen molar-refractivity contribution in [2.75, 3.05) is 19.7 Å². The number of aromatic amines is 1. The smallest absolute Gasteiger partial charge is 0.223 e. The van der Waals surface area contributed by atoms with E-state index in [1.54, 1.807) is 0 Å². The molecule has 1 saturated heterocycles. The highest BCUT2D eigenvalue weighted by Gasteiger charge is 2.29. The molecule has 1 fully saturated rings. The number of allylic oxidation sites excluding steroid dienone is 2. The molecule has 1 aliphatic heterocycles. The molecular formula is C16H24N4O2. The van der Waals surface area contributed by atoms with Crippen molar-refractivity contribution in [3.63, 3.8) is 0 Å². The summed E-state index contributed by atoms with van der Waals surface area (Å²) in [5, 5.41) is 7.17. The van der Waals surface area contributed by atoms with E-state index in [1.807, 2.05) is 4.90 Å². The monoisotopic (exact) mass is 304 g/mol. The van der Waals surface area contributed by atoms with E-state index in [9.17, 15) is 4.79 Å². The minimum atomic E-state index is -0.197. The van der Waals surface area contributed by atoms with Gasteiger partial charge in [-0.1, -0.05) is 26.0 Å². The molecule has 2 atom stereocenters. The zero-order valence-corrected chi connectivity index (χ0v) is 13.3. The van der Waals surface area contributed by atoms with Crippen LogP contribution in [0.2, 0.25) is 0 Å². The molecule has 22 heavy (non-hydrogen) atoms. The highest BCUT2D eigenvalue weighted by atomic mass is 16.5. The molecular weight excluding hydrogens is 280 g/mol. The van der Waals surface area contributed by atoms with Crippen molar-refractivity contribution in [2.24, 2.45) is 5.92 Å². The lowest BCUT2D eigenvalue weighted by atomic mass is 10.0. The minimum Gasteiger partial charge on any atom is -0.367 e. The number of carbonyl (C=O) groups excluding carboxylic acids is 1.